The molecule has 2 amide bonds. The van der Waals surface area contributed by atoms with E-state index in [0.29, 0.717) is 22.6 Å². The van der Waals surface area contributed by atoms with E-state index in [1.165, 1.54) is 0 Å². The number of nitrogens with one attached hydrogen (secondary N) is 2. The zero-order valence-electron chi connectivity index (χ0n) is 13.5. The smallest absolute Gasteiger partial charge is 0.267 e. The maximum absolute atomic E-state index is 11.9. The molecule has 2 aromatic rings. The standard InChI is InChI=1S/C18H18N4O2/c1-13(19-21-17(23)15-9-5-3-6-10-15)14(2)20-22-18(24)16-11-7-4-8-12-16/h3-12H,1-2H3,(H,21,23)(H,22,24)/b19-13-,20-14-. The lowest BCUT2D eigenvalue weighted by Crippen LogP contribution is -2.24. The molecule has 0 aliphatic rings. The highest BCUT2D eigenvalue weighted by molar-refractivity contribution is 6.40. The fourth-order valence-corrected chi connectivity index (χ4v) is 1.74. The Kier molecular flexibility index (Phi) is 5.96. The number of rotatable bonds is 5. The predicted molar refractivity (Wildman–Crippen MR) is 94.0 cm³/mol. The molecule has 6 nitrogen and oxygen atoms in total. The number of nitrogens with zero attached hydrogens (tertiary/aromatic N) is 2. The Morgan fingerprint density at radius 2 is 1.00 bits per heavy atom. The normalized spacial score (nSPS) is 11.8. The summed E-state index contributed by atoms with van der Waals surface area (Å²) < 4.78 is 0. The predicted octanol–water partition coefficient (Wildman–Crippen LogP) is 2.60. The second-order valence-electron chi connectivity index (χ2n) is 5.01. The van der Waals surface area contributed by atoms with E-state index in [2.05, 4.69) is 21.1 Å². The molecule has 2 aromatic carbocycles. The number of benzene rings is 2. The summed E-state index contributed by atoms with van der Waals surface area (Å²) in [5, 5.41) is 7.97. The molecule has 0 radical (unpaired) electrons. The quantitative estimate of drug-likeness (QED) is 0.655. The summed E-state index contributed by atoms with van der Waals surface area (Å²) in [7, 11) is 0. The third-order valence-corrected chi connectivity index (χ3v) is 3.25. The molecule has 2 N–H and O–H groups in total. The summed E-state index contributed by atoms with van der Waals surface area (Å²) in [6, 6.07) is 17.5. The van der Waals surface area contributed by atoms with Gasteiger partial charge in [0.15, 0.2) is 0 Å². The Balaban J connectivity index is 1.94. The summed E-state index contributed by atoms with van der Waals surface area (Å²) in [5.74, 6) is -0.618. The van der Waals surface area contributed by atoms with Crippen LogP contribution in [-0.2, 0) is 0 Å². The number of carbonyl (C=O) groups excluding carboxylic acids is 2. The van der Waals surface area contributed by atoms with Crippen LogP contribution in [0.2, 0.25) is 0 Å². The zero-order valence-corrected chi connectivity index (χ0v) is 13.5. The molecule has 0 saturated heterocycles. The van der Waals surface area contributed by atoms with Crippen LogP contribution in [0.25, 0.3) is 0 Å². The second-order valence-corrected chi connectivity index (χ2v) is 5.01. The van der Waals surface area contributed by atoms with Crippen molar-refractivity contribution in [1.29, 1.82) is 0 Å². The van der Waals surface area contributed by atoms with Gasteiger partial charge in [0, 0.05) is 11.1 Å². The Bertz CT molecular complexity index is 701. The molecule has 6 heteroatoms. The summed E-state index contributed by atoms with van der Waals surface area (Å²) in [6.45, 7) is 3.39. The van der Waals surface area contributed by atoms with Crippen LogP contribution in [0.5, 0.6) is 0 Å². The Hall–Kier alpha value is -3.28. The van der Waals surface area contributed by atoms with Crippen LogP contribution in [0.1, 0.15) is 34.6 Å². The van der Waals surface area contributed by atoms with Crippen molar-refractivity contribution in [3.8, 4) is 0 Å². The topological polar surface area (TPSA) is 82.9 Å². The van der Waals surface area contributed by atoms with Gasteiger partial charge in [0.1, 0.15) is 0 Å². The van der Waals surface area contributed by atoms with E-state index in [-0.39, 0.29) is 11.8 Å². The average molecular weight is 322 g/mol. The third-order valence-electron chi connectivity index (χ3n) is 3.25. The Morgan fingerprint density at radius 1 is 0.667 bits per heavy atom. The van der Waals surface area contributed by atoms with Crippen molar-refractivity contribution >= 4 is 23.2 Å². The first kappa shape index (κ1) is 17.1. The van der Waals surface area contributed by atoms with Gasteiger partial charge in [-0.05, 0) is 38.1 Å². The summed E-state index contributed by atoms with van der Waals surface area (Å²) >= 11 is 0. The molecule has 0 aromatic heterocycles. The van der Waals surface area contributed by atoms with Crippen LogP contribution >= 0.6 is 0 Å². The second kappa shape index (κ2) is 8.38. The van der Waals surface area contributed by atoms with Gasteiger partial charge in [0.05, 0.1) is 11.4 Å². The van der Waals surface area contributed by atoms with Crippen LogP contribution < -0.4 is 10.9 Å². The lowest BCUT2D eigenvalue weighted by atomic mass is 10.2. The molecule has 0 fully saturated rings. The van der Waals surface area contributed by atoms with Crippen molar-refractivity contribution in [1.82, 2.24) is 10.9 Å². The van der Waals surface area contributed by atoms with Gasteiger partial charge >= 0.3 is 0 Å². The van der Waals surface area contributed by atoms with Gasteiger partial charge < -0.3 is 0 Å². The average Bonchev–Trinajstić information content (AvgIpc) is 2.64. The highest BCUT2D eigenvalue weighted by Crippen LogP contribution is 1.99. The van der Waals surface area contributed by atoms with Gasteiger partial charge in [-0.1, -0.05) is 36.4 Å². The Morgan fingerprint density at radius 3 is 1.33 bits per heavy atom. The molecule has 24 heavy (non-hydrogen) atoms. The lowest BCUT2D eigenvalue weighted by Gasteiger charge is -2.04. The summed E-state index contributed by atoms with van der Waals surface area (Å²) in [6.07, 6.45) is 0. The number of amides is 2. The number of carbonyl (C=O) groups is 2. The van der Waals surface area contributed by atoms with E-state index < -0.39 is 0 Å². The van der Waals surface area contributed by atoms with Crippen molar-refractivity contribution in [2.75, 3.05) is 0 Å². The molecule has 0 unspecified atom stereocenters. The molecular weight excluding hydrogens is 304 g/mol. The molecule has 2 rings (SSSR count). The summed E-state index contributed by atoms with van der Waals surface area (Å²) in [5.41, 5.74) is 6.92. The minimum atomic E-state index is -0.309. The largest absolute Gasteiger partial charge is 0.271 e. The van der Waals surface area contributed by atoms with Crippen LogP contribution in [0.4, 0.5) is 0 Å². The highest BCUT2D eigenvalue weighted by atomic mass is 16.2. The van der Waals surface area contributed by atoms with Crippen molar-refractivity contribution in [2.24, 2.45) is 10.2 Å². The first-order valence-corrected chi connectivity index (χ1v) is 7.37. The van der Waals surface area contributed by atoms with E-state index in [1.807, 2.05) is 12.1 Å². The molecule has 0 aliphatic heterocycles. The molecule has 0 bridgehead atoms. The van der Waals surface area contributed by atoms with Crippen LogP contribution in [0.15, 0.2) is 70.9 Å². The molecular formula is C18H18N4O2. The van der Waals surface area contributed by atoms with Crippen LogP contribution in [0.3, 0.4) is 0 Å². The molecule has 122 valence electrons. The van der Waals surface area contributed by atoms with E-state index >= 15 is 0 Å². The first-order valence-electron chi connectivity index (χ1n) is 7.37. The molecule has 0 aliphatic carbocycles. The van der Waals surface area contributed by atoms with Crippen molar-refractivity contribution < 1.29 is 9.59 Å². The lowest BCUT2D eigenvalue weighted by molar-refractivity contribution is 0.0946. The maximum Gasteiger partial charge on any atom is 0.271 e. The van der Waals surface area contributed by atoms with E-state index in [0.717, 1.165) is 0 Å². The molecule has 0 spiro atoms. The Labute approximate surface area is 140 Å². The zero-order chi connectivity index (χ0) is 17.4. The van der Waals surface area contributed by atoms with Crippen molar-refractivity contribution in [3.05, 3.63) is 71.8 Å². The number of hydrogen-bond acceptors (Lipinski definition) is 4. The van der Waals surface area contributed by atoms with Gasteiger partial charge in [-0.3, -0.25) is 9.59 Å². The van der Waals surface area contributed by atoms with Gasteiger partial charge in [-0.2, -0.15) is 10.2 Å². The third kappa shape index (κ3) is 4.88. The van der Waals surface area contributed by atoms with Crippen molar-refractivity contribution in [2.45, 2.75) is 13.8 Å². The van der Waals surface area contributed by atoms with Crippen LogP contribution in [0, 0.1) is 0 Å². The van der Waals surface area contributed by atoms with E-state index in [9.17, 15) is 9.59 Å². The van der Waals surface area contributed by atoms with Gasteiger partial charge in [0.25, 0.3) is 11.8 Å². The highest BCUT2D eigenvalue weighted by Gasteiger charge is 2.06. The van der Waals surface area contributed by atoms with Gasteiger partial charge in [-0.15, -0.1) is 0 Å². The first-order chi connectivity index (χ1) is 11.6. The van der Waals surface area contributed by atoms with Crippen LogP contribution in [-0.4, -0.2) is 23.2 Å². The maximum atomic E-state index is 11.9. The fraction of sp³-hybridized carbons (Fsp3) is 0.111. The summed E-state index contributed by atoms with van der Waals surface area (Å²) in [4.78, 5) is 23.8. The fourth-order valence-electron chi connectivity index (χ4n) is 1.74. The van der Waals surface area contributed by atoms with Crippen molar-refractivity contribution in [3.63, 3.8) is 0 Å². The molecule has 0 saturated carbocycles. The monoisotopic (exact) mass is 322 g/mol. The molecule has 0 heterocycles. The van der Waals surface area contributed by atoms with Gasteiger partial charge in [0.2, 0.25) is 0 Å². The molecule has 0 atom stereocenters. The minimum Gasteiger partial charge on any atom is -0.267 e. The minimum absolute atomic E-state index is 0.309. The SMILES string of the molecule is CC(=N/NC(=O)c1ccccc1)/C(C)=N\NC(=O)c1ccccc1. The number of hydrazone groups is 2. The van der Waals surface area contributed by atoms with Gasteiger partial charge in [-0.25, -0.2) is 10.9 Å². The van der Waals surface area contributed by atoms with E-state index in [4.69, 9.17) is 0 Å². The van der Waals surface area contributed by atoms with E-state index in [1.54, 1.807) is 62.4 Å². The number of hydrogen-bond donors (Lipinski definition) is 2.